The van der Waals surface area contributed by atoms with Crippen LogP contribution in [0.15, 0.2) is 59.0 Å². The van der Waals surface area contributed by atoms with Crippen LogP contribution >= 0.6 is 11.3 Å². The molecular formula is C21H14FN3OS. The maximum atomic E-state index is 13.6. The van der Waals surface area contributed by atoms with Crippen molar-refractivity contribution in [3.63, 3.8) is 0 Å². The summed E-state index contributed by atoms with van der Waals surface area (Å²) in [5, 5.41) is 11.7. The van der Waals surface area contributed by atoms with Gasteiger partial charge in [0.2, 0.25) is 0 Å². The van der Waals surface area contributed by atoms with Gasteiger partial charge in [-0.15, -0.1) is 11.3 Å². The minimum Gasteiger partial charge on any atom is -0.294 e. The van der Waals surface area contributed by atoms with Crippen molar-refractivity contribution in [3.8, 4) is 17.2 Å². The van der Waals surface area contributed by atoms with E-state index in [2.05, 4.69) is 4.98 Å². The van der Waals surface area contributed by atoms with Crippen molar-refractivity contribution in [3.05, 3.63) is 87.0 Å². The van der Waals surface area contributed by atoms with Crippen molar-refractivity contribution in [1.82, 2.24) is 9.55 Å². The molecule has 132 valence electrons. The molecule has 4 aromatic rings. The van der Waals surface area contributed by atoms with Crippen LogP contribution in [0.3, 0.4) is 0 Å². The third-order valence-electron chi connectivity index (χ3n) is 4.45. The third-order valence-corrected chi connectivity index (χ3v) is 5.34. The molecule has 0 N–H and O–H groups in total. The van der Waals surface area contributed by atoms with E-state index in [4.69, 9.17) is 0 Å². The Labute approximate surface area is 158 Å². The predicted molar refractivity (Wildman–Crippen MR) is 104 cm³/mol. The fraction of sp³-hybridized carbons (Fsp3) is 0.0952. The van der Waals surface area contributed by atoms with E-state index in [0.717, 1.165) is 16.7 Å². The second-order valence-electron chi connectivity index (χ2n) is 6.29. The molecule has 0 saturated heterocycles. The molecule has 0 fully saturated rings. The molecule has 0 spiro atoms. The number of hydrogen-bond acceptors (Lipinski definition) is 4. The summed E-state index contributed by atoms with van der Waals surface area (Å²) in [7, 11) is 0. The number of halogens is 1. The number of aryl methyl sites for hydroxylation is 1. The summed E-state index contributed by atoms with van der Waals surface area (Å²) in [6.45, 7) is 2.10. The molecule has 0 atom stereocenters. The number of fused-ring (bicyclic) bond motifs is 1. The summed E-state index contributed by atoms with van der Waals surface area (Å²) in [6, 6.07) is 13.9. The van der Waals surface area contributed by atoms with Crippen molar-refractivity contribution in [2.75, 3.05) is 0 Å². The van der Waals surface area contributed by atoms with E-state index < -0.39 is 5.82 Å². The molecule has 6 heteroatoms. The lowest BCUT2D eigenvalue weighted by Crippen LogP contribution is -2.21. The highest BCUT2D eigenvalue weighted by molar-refractivity contribution is 7.17. The summed E-state index contributed by atoms with van der Waals surface area (Å²) < 4.78 is 15.0. The van der Waals surface area contributed by atoms with Crippen molar-refractivity contribution in [2.45, 2.75) is 13.5 Å². The van der Waals surface area contributed by atoms with Gasteiger partial charge in [-0.25, -0.2) is 9.37 Å². The average molecular weight is 375 g/mol. The lowest BCUT2D eigenvalue weighted by Gasteiger charge is -2.08. The van der Waals surface area contributed by atoms with Gasteiger partial charge in [-0.3, -0.25) is 9.36 Å². The van der Waals surface area contributed by atoms with Crippen molar-refractivity contribution < 1.29 is 4.39 Å². The number of nitriles is 1. The molecular weight excluding hydrogens is 361 g/mol. The number of nitrogens with zero attached hydrogens (tertiary/aromatic N) is 3. The Balaban J connectivity index is 1.85. The zero-order chi connectivity index (χ0) is 19.0. The first-order chi connectivity index (χ1) is 13.1. The Morgan fingerprint density at radius 3 is 2.74 bits per heavy atom. The van der Waals surface area contributed by atoms with Gasteiger partial charge in [-0.2, -0.15) is 5.26 Å². The number of rotatable bonds is 3. The van der Waals surface area contributed by atoms with E-state index in [-0.39, 0.29) is 12.1 Å². The average Bonchev–Trinajstić information content (AvgIpc) is 3.10. The first-order valence-corrected chi connectivity index (χ1v) is 9.17. The summed E-state index contributed by atoms with van der Waals surface area (Å²) in [5.41, 5.74) is 3.52. The molecule has 0 unspecified atom stereocenters. The number of aromatic nitrogens is 2. The van der Waals surface area contributed by atoms with Crippen LogP contribution in [0.25, 0.3) is 21.3 Å². The Morgan fingerprint density at radius 1 is 1.22 bits per heavy atom. The quantitative estimate of drug-likeness (QED) is 0.530. The lowest BCUT2D eigenvalue weighted by atomic mass is 10.0. The summed E-state index contributed by atoms with van der Waals surface area (Å²) in [5.74, 6) is -0.443. The highest BCUT2D eigenvalue weighted by atomic mass is 32.1. The SMILES string of the molecule is Cc1ccc(-c2csc3ncn(Cc4cc(F)ccc4C#N)c(=O)c23)cc1. The van der Waals surface area contributed by atoms with E-state index in [1.54, 1.807) is 0 Å². The zero-order valence-electron chi connectivity index (χ0n) is 14.4. The second kappa shape index (κ2) is 6.78. The Bertz CT molecular complexity index is 1250. The number of benzene rings is 2. The minimum absolute atomic E-state index is 0.0889. The van der Waals surface area contributed by atoms with Crippen molar-refractivity contribution >= 4 is 21.6 Å². The van der Waals surface area contributed by atoms with Crippen LogP contribution < -0.4 is 5.56 Å². The minimum atomic E-state index is -0.443. The fourth-order valence-electron chi connectivity index (χ4n) is 3.01. The van der Waals surface area contributed by atoms with Crippen LogP contribution in [0.5, 0.6) is 0 Å². The van der Waals surface area contributed by atoms with Crippen LogP contribution in [0.4, 0.5) is 4.39 Å². The zero-order valence-corrected chi connectivity index (χ0v) is 15.3. The summed E-state index contributed by atoms with van der Waals surface area (Å²) in [6.07, 6.45) is 1.45. The molecule has 0 aliphatic heterocycles. The first kappa shape index (κ1) is 17.1. The molecule has 0 aliphatic carbocycles. The maximum absolute atomic E-state index is 13.6. The van der Waals surface area contributed by atoms with Gasteiger partial charge in [0.25, 0.3) is 5.56 Å². The molecule has 0 aliphatic rings. The molecule has 27 heavy (non-hydrogen) atoms. The largest absolute Gasteiger partial charge is 0.294 e. The molecule has 2 aromatic carbocycles. The van der Waals surface area contributed by atoms with Gasteiger partial charge in [0.05, 0.1) is 29.9 Å². The van der Waals surface area contributed by atoms with Crippen molar-refractivity contribution in [2.24, 2.45) is 0 Å². The Kier molecular flexibility index (Phi) is 4.30. The van der Waals surface area contributed by atoms with E-state index in [1.807, 2.05) is 42.6 Å². The molecule has 0 bridgehead atoms. The molecule has 4 nitrogen and oxygen atoms in total. The van der Waals surface area contributed by atoms with Crippen molar-refractivity contribution in [1.29, 1.82) is 5.26 Å². The fourth-order valence-corrected chi connectivity index (χ4v) is 3.92. The molecule has 0 amide bonds. The topological polar surface area (TPSA) is 58.7 Å². The maximum Gasteiger partial charge on any atom is 0.263 e. The normalized spacial score (nSPS) is 10.9. The van der Waals surface area contributed by atoms with E-state index >= 15 is 0 Å². The standard InChI is InChI=1S/C21H14FN3OS/c1-13-2-4-14(5-3-13)18-11-27-20-19(18)21(26)25(12-24-20)10-16-8-17(22)7-6-15(16)9-23/h2-8,11-12H,10H2,1H3. The third kappa shape index (κ3) is 3.14. The summed E-state index contributed by atoms with van der Waals surface area (Å²) >= 11 is 1.42. The van der Waals surface area contributed by atoms with Gasteiger partial charge < -0.3 is 0 Å². The highest BCUT2D eigenvalue weighted by Gasteiger charge is 2.14. The predicted octanol–water partition coefficient (Wildman–Crippen LogP) is 4.49. The smallest absolute Gasteiger partial charge is 0.263 e. The van der Waals surface area contributed by atoms with Crippen LogP contribution in [0.2, 0.25) is 0 Å². The van der Waals surface area contributed by atoms with Crippen LogP contribution in [-0.4, -0.2) is 9.55 Å². The van der Waals surface area contributed by atoms with Gasteiger partial charge in [0.1, 0.15) is 10.6 Å². The molecule has 0 saturated carbocycles. The number of thiophene rings is 1. The van der Waals surface area contributed by atoms with E-state index in [9.17, 15) is 14.4 Å². The second-order valence-corrected chi connectivity index (χ2v) is 7.14. The van der Waals surface area contributed by atoms with E-state index in [1.165, 1.54) is 40.4 Å². The molecule has 2 aromatic heterocycles. The Morgan fingerprint density at radius 2 is 2.00 bits per heavy atom. The van der Waals surface area contributed by atoms with Gasteiger partial charge >= 0.3 is 0 Å². The van der Waals surface area contributed by atoms with Gasteiger partial charge in [-0.1, -0.05) is 29.8 Å². The lowest BCUT2D eigenvalue weighted by molar-refractivity contribution is 0.622. The van der Waals surface area contributed by atoms with Gasteiger partial charge in [-0.05, 0) is 36.2 Å². The van der Waals surface area contributed by atoms with Crippen LogP contribution in [-0.2, 0) is 6.54 Å². The molecule has 4 rings (SSSR count). The highest BCUT2D eigenvalue weighted by Crippen LogP contribution is 2.30. The molecule has 2 heterocycles. The van der Waals surface area contributed by atoms with E-state index in [0.29, 0.717) is 21.3 Å². The van der Waals surface area contributed by atoms with Crippen LogP contribution in [0.1, 0.15) is 16.7 Å². The first-order valence-electron chi connectivity index (χ1n) is 8.29. The summed E-state index contributed by atoms with van der Waals surface area (Å²) in [4.78, 5) is 18.1. The Hall–Kier alpha value is -3.30. The van der Waals surface area contributed by atoms with Crippen LogP contribution in [0, 0.1) is 24.1 Å². The number of hydrogen-bond donors (Lipinski definition) is 0. The van der Waals surface area contributed by atoms with Gasteiger partial charge in [0.15, 0.2) is 0 Å². The monoisotopic (exact) mass is 375 g/mol. The van der Waals surface area contributed by atoms with Gasteiger partial charge in [0, 0.05) is 10.9 Å². The molecule has 0 radical (unpaired) electrons.